The summed E-state index contributed by atoms with van der Waals surface area (Å²) < 4.78 is 0. The molecule has 3 aromatic rings. The summed E-state index contributed by atoms with van der Waals surface area (Å²) in [6.45, 7) is 0.455. The fourth-order valence-electron chi connectivity index (χ4n) is 3.91. The van der Waals surface area contributed by atoms with Crippen molar-refractivity contribution in [3.05, 3.63) is 101 Å². The molecule has 5 rings (SSSR count). The Morgan fingerprint density at radius 1 is 0.692 bits per heavy atom. The summed E-state index contributed by atoms with van der Waals surface area (Å²) in [6, 6.07) is 24.8. The number of hydrogen-bond acceptors (Lipinski definition) is 2. The standard InChI is InChI=1S/C22H16N2O2/c25-21-18-12-6-7-13-19(18)24-20(16-10-4-5-11-17(16)22(24)26)23(21)14-15-8-2-1-3-9-15/h1-13,20H,14H2/t20-/m0/s1. The Labute approximate surface area is 151 Å². The van der Waals surface area contributed by atoms with E-state index in [2.05, 4.69) is 0 Å². The van der Waals surface area contributed by atoms with Crippen LogP contribution in [0.2, 0.25) is 0 Å². The van der Waals surface area contributed by atoms with Crippen LogP contribution in [0, 0.1) is 0 Å². The fraction of sp³-hybridized carbons (Fsp3) is 0.0909. The van der Waals surface area contributed by atoms with Crippen LogP contribution in [0.3, 0.4) is 0 Å². The summed E-state index contributed by atoms with van der Waals surface area (Å²) >= 11 is 0. The number of amides is 2. The van der Waals surface area contributed by atoms with E-state index in [9.17, 15) is 9.59 Å². The van der Waals surface area contributed by atoms with E-state index in [-0.39, 0.29) is 11.8 Å². The van der Waals surface area contributed by atoms with Gasteiger partial charge in [0.15, 0.2) is 0 Å². The van der Waals surface area contributed by atoms with Gasteiger partial charge in [-0.15, -0.1) is 0 Å². The molecule has 2 heterocycles. The summed E-state index contributed by atoms with van der Waals surface area (Å²) in [4.78, 5) is 29.9. The predicted molar refractivity (Wildman–Crippen MR) is 98.8 cm³/mol. The SMILES string of the molecule is O=C1c2ccccc2N2C(=O)c3ccccc3[C@H]2N1Cc1ccccc1. The van der Waals surface area contributed by atoms with Crippen LogP contribution in [0.5, 0.6) is 0 Å². The van der Waals surface area contributed by atoms with Crippen LogP contribution in [-0.4, -0.2) is 16.7 Å². The van der Waals surface area contributed by atoms with Crippen LogP contribution >= 0.6 is 0 Å². The van der Waals surface area contributed by atoms with Crippen molar-refractivity contribution in [3.8, 4) is 0 Å². The average molecular weight is 340 g/mol. The molecule has 4 nitrogen and oxygen atoms in total. The lowest BCUT2D eigenvalue weighted by molar-refractivity contribution is 0.0629. The Morgan fingerprint density at radius 3 is 2.15 bits per heavy atom. The molecule has 2 aliphatic heterocycles. The van der Waals surface area contributed by atoms with E-state index in [0.717, 1.165) is 11.1 Å². The number of nitrogens with zero attached hydrogens (tertiary/aromatic N) is 2. The predicted octanol–water partition coefficient (Wildman–Crippen LogP) is 4.00. The summed E-state index contributed by atoms with van der Waals surface area (Å²) in [6.07, 6.45) is -0.402. The lowest BCUT2D eigenvalue weighted by Crippen LogP contribution is -2.47. The zero-order valence-electron chi connectivity index (χ0n) is 14.0. The van der Waals surface area contributed by atoms with E-state index in [1.165, 1.54) is 0 Å². The van der Waals surface area contributed by atoms with Crippen molar-refractivity contribution < 1.29 is 9.59 Å². The van der Waals surface area contributed by atoms with Crippen molar-refractivity contribution in [2.24, 2.45) is 0 Å². The van der Waals surface area contributed by atoms with E-state index in [4.69, 9.17) is 0 Å². The minimum Gasteiger partial charge on any atom is -0.309 e. The summed E-state index contributed by atoms with van der Waals surface area (Å²) in [5.74, 6) is -0.0983. The molecule has 0 aliphatic carbocycles. The van der Waals surface area contributed by atoms with Crippen LogP contribution in [0.15, 0.2) is 78.9 Å². The minimum atomic E-state index is -0.402. The highest BCUT2D eigenvalue weighted by atomic mass is 16.2. The number of fused-ring (bicyclic) bond motifs is 5. The van der Waals surface area contributed by atoms with Crippen LogP contribution in [0.4, 0.5) is 5.69 Å². The summed E-state index contributed by atoms with van der Waals surface area (Å²) in [5, 5.41) is 0. The summed E-state index contributed by atoms with van der Waals surface area (Å²) in [5.41, 5.74) is 3.85. The van der Waals surface area contributed by atoms with Crippen LogP contribution in [0.25, 0.3) is 0 Å². The van der Waals surface area contributed by atoms with Crippen LogP contribution in [-0.2, 0) is 6.54 Å². The Balaban J connectivity index is 1.70. The van der Waals surface area contributed by atoms with Crippen molar-refractivity contribution in [3.63, 3.8) is 0 Å². The highest BCUT2D eigenvalue weighted by Crippen LogP contribution is 2.45. The molecule has 0 spiro atoms. The number of carbonyl (C=O) groups is 2. The molecule has 0 saturated carbocycles. The molecule has 0 aromatic heterocycles. The Bertz CT molecular complexity index is 1030. The van der Waals surface area contributed by atoms with Crippen molar-refractivity contribution >= 4 is 17.5 Å². The van der Waals surface area contributed by atoms with Gasteiger partial charge in [0.1, 0.15) is 6.17 Å². The summed E-state index contributed by atoms with van der Waals surface area (Å²) in [7, 11) is 0. The largest absolute Gasteiger partial charge is 0.309 e. The fourth-order valence-corrected chi connectivity index (χ4v) is 3.91. The van der Waals surface area contributed by atoms with E-state index in [1.54, 1.807) is 15.9 Å². The maximum absolute atomic E-state index is 13.3. The van der Waals surface area contributed by atoms with Crippen molar-refractivity contribution in [1.82, 2.24) is 4.90 Å². The second-order valence-electron chi connectivity index (χ2n) is 6.57. The zero-order valence-corrected chi connectivity index (χ0v) is 14.0. The van der Waals surface area contributed by atoms with Gasteiger partial charge in [-0.3, -0.25) is 14.5 Å². The molecule has 0 radical (unpaired) electrons. The first-order chi connectivity index (χ1) is 12.8. The highest BCUT2D eigenvalue weighted by molar-refractivity contribution is 6.16. The molecule has 0 unspecified atom stereocenters. The van der Waals surface area contributed by atoms with Crippen molar-refractivity contribution in [2.45, 2.75) is 12.7 Å². The maximum atomic E-state index is 13.3. The second kappa shape index (κ2) is 5.56. The van der Waals surface area contributed by atoms with Crippen molar-refractivity contribution in [1.29, 1.82) is 0 Å². The van der Waals surface area contributed by atoms with Gasteiger partial charge >= 0.3 is 0 Å². The lowest BCUT2D eigenvalue weighted by atomic mass is 10.0. The topological polar surface area (TPSA) is 40.6 Å². The van der Waals surface area contributed by atoms with E-state index in [1.807, 2.05) is 72.8 Å². The molecule has 4 heteroatoms. The van der Waals surface area contributed by atoms with Gasteiger partial charge in [0.25, 0.3) is 11.8 Å². The van der Waals surface area contributed by atoms with E-state index in [0.29, 0.717) is 23.4 Å². The molecule has 0 bridgehead atoms. The first-order valence-electron chi connectivity index (χ1n) is 8.62. The van der Waals surface area contributed by atoms with Crippen LogP contribution in [0.1, 0.15) is 38.0 Å². The first-order valence-corrected chi connectivity index (χ1v) is 8.62. The average Bonchev–Trinajstić information content (AvgIpc) is 2.99. The van der Waals surface area contributed by atoms with E-state index >= 15 is 0 Å². The zero-order chi connectivity index (χ0) is 17.7. The molecule has 2 amide bonds. The van der Waals surface area contributed by atoms with Gasteiger partial charge in [-0.05, 0) is 23.8 Å². The lowest BCUT2D eigenvalue weighted by Gasteiger charge is -2.41. The molecule has 1 atom stereocenters. The van der Waals surface area contributed by atoms with Gasteiger partial charge in [-0.2, -0.15) is 0 Å². The smallest absolute Gasteiger partial charge is 0.260 e. The monoisotopic (exact) mass is 340 g/mol. The highest BCUT2D eigenvalue weighted by Gasteiger charge is 2.47. The molecule has 2 aliphatic rings. The molecular formula is C22H16N2O2. The Hall–Kier alpha value is -3.40. The number of hydrogen-bond donors (Lipinski definition) is 0. The first kappa shape index (κ1) is 14.9. The molecule has 0 fully saturated rings. The molecule has 0 N–H and O–H groups in total. The van der Waals surface area contributed by atoms with Gasteiger partial charge in [-0.1, -0.05) is 60.7 Å². The van der Waals surface area contributed by atoms with Gasteiger partial charge in [0, 0.05) is 17.7 Å². The number of benzene rings is 3. The van der Waals surface area contributed by atoms with Crippen LogP contribution < -0.4 is 4.90 Å². The third kappa shape index (κ3) is 2.02. The quantitative estimate of drug-likeness (QED) is 0.707. The molecular weight excluding hydrogens is 324 g/mol. The normalized spacial score (nSPS) is 17.8. The Morgan fingerprint density at radius 2 is 1.35 bits per heavy atom. The third-order valence-electron chi connectivity index (χ3n) is 5.08. The number of carbonyl (C=O) groups excluding carboxylic acids is 2. The number of rotatable bonds is 2. The molecule has 0 saturated heterocycles. The minimum absolute atomic E-state index is 0.0461. The molecule has 26 heavy (non-hydrogen) atoms. The second-order valence-corrected chi connectivity index (χ2v) is 6.57. The van der Waals surface area contributed by atoms with Gasteiger partial charge in [-0.25, -0.2) is 0 Å². The number of para-hydroxylation sites is 1. The van der Waals surface area contributed by atoms with Gasteiger partial charge in [0.2, 0.25) is 0 Å². The third-order valence-corrected chi connectivity index (χ3v) is 5.08. The molecule has 126 valence electrons. The van der Waals surface area contributed by atoms with Gasteiger partial charge < -0.3 is 4.90 Å². The Kier molecular flexibility index (Phi) is 3.19. The maximum Gasteiger partial charge on any atom is 0.260 e. The molecule has 3 aromatic carbocycles. The van der Waals surface area contributed by atoms with Crippen molar-refractivity contribution in [2.75, 3.05) is 4.90 Å². The van der Waals surface area contributed by atoms with E-state index < -0.39 is 6.17 Å². The number of anilines is 1. The van der Waals surface area contributed by atoms with Gasteiger partial charge in [0.05, 0.1) is 11.3 Å².